The van der Waals surface area contributed by atoms with E-state index in [-0.39, 0.29) is 30.3 Å². The summed E-state index contributed by atoms with van der Waals surface area (Å²) in [4.78, 5) is 27.3. The number of pyridine rings is 1. The van der Waals surface area contributed by atoms with Gasteiger partial charge in [-0.05, 0) is 44.5 Å². The first-order chi connectivity index (χ1) is 10.2. The lowest BCUT2D eigenvalue weighted by Gasteiger charge is -2.24. The molecule has 3 N–H and O–H groups in total. The van der Waals surface area contributed by atoms with Crippen molar-refractivity contribution in [3.05, 3.63) is 24.0 Å². The molecule has 2 amide bonds. The summed E-state index contributed by atoms with van der Waals surface area (Å²) >= 11 is 0. The van der Waals surface area contributed by atoms with Crippen LogP contribution in [0, 0.1) is 0 Å². The topological polar surface area (TPSA) is 83.1 Å². The van der Waals surface area contributed by atoms with Crippen molar-refractivity contribution >= 4 is 29.9 Å². The maximum atomic E-state index is 11.7. The van der Waals surface area contributed by atoms with Crippen LogP contribution in [0.25, 0.3) is 0 Å². The minimum atomic E-state index is -0.353. The maximum Gasteiger partial charge on any atom is 0.249 e. The van der Waals surface area contributed by atoms with Crippen LogP contribution in [0.1, 0.15) is 37.3 Å². The van der Waals surface area contributed by atoms with Crippen LogP contribution in [-0.4, -0.2) is 35.9 Å². The summed E-state index contributed by atoms with van der Waals surface area (Å²) in [6, 6.07) is 3.65. The molecule has 6 nitrogen and oxygen atoms in total. The molecule has 3 heterocycles. The number of hydrogen-bond donors (Lipinski definition) is 3. The van der Waals surface area contributed by atoms with Crippen LogP contribution in [0.5, 0.6) is 0 Å². The molecule has 0 aromatic carbocycles. The quantitative estimate of drug-likeness (QED) is 0.727. The highest BCUT2D eigenvalue weighted by molar-refractivity contribution is 6.01. The van der Waals surface area contributed by atoms with Crippen molar-refractivity contribution in [2.45, 2.75) is 37.6 Å². The Balaban J connectivity index is 0.00000176. The summed E-state index contributed by atoms with van der Waals surface area (Å²) in [5.41, 5.74) is 1.94. The summed E-state index contributed by atoms with van der Waals surface area (Å²) in [6.45, 7) is 2.09. The molecule has 0 aliphatic carbocycles. The van der Waals surface area contributed by atoms with Gasteiger partial charge in [0, 0.05) is 18.0 Å². The Morgan fingerprint density at radius 2 is 1.91 bits per heavy atom. The van der Waals surface area contributed by atoms with Gasteiger partial charge in [-0.25, -0.2) is 0 Å². The second-order valence-electron chi connectivity index (χ2n) is 5.64. The van der Waals surface area contributed by atoms with Gasteiger partial charge in [-0.1, -0.05) is 0 Å². The standard InChI is InChI=1S/C15H20N4O2.ClH/c20-14-4-3-13(15(21)19-14)18-11-1-2-12(17-9-11)10-5-7-16-8-6-10;/h1-2,9-10,13,16,18H,3-8H2,(H,19,20,21);1H. The molecular weight excluding hydrogens is 304 g/mol. The fourth-order valence-electron chi connectivity index (χ4n) is 2.88. The van der Waals surface area contributed by atoms with E-state index in [9.17, 15) is 9.59 Å². The molecule has 0 spiro atoms. The van der Waals surface area contributed by atoms with Crippen LogP contribution in [0.2, 0.25) is 0 Å². The molecule has 0 saturated carbocycles. The number of carbonyl (C=O) groups excluding carboxylic acids is 2. The lowest BCUT2D eigenvalue weighted by Crippen LogP contribution is -2.47. The summed E-state index contributed by atoms with van der Waals surface area (Å²) in [6.07, 6.45) is 4.92. The van der Waals surface area contributed by atoms with Gasteiger partial charge in [-0.2, -0.15) is 0 Å². The zero-order valence-corrected chi connectivity index (χ0v) is 13.1. The van der Waals surface area contributed by atoms with Crippen molar-refractivity contribution in [1.29, 1.82) is 0 Å². The lowest BCUT2D eigenvalue weighted by atomic mass is 9.94. The minimum Gasteiger partial charge on any atom is -0.372 e. The number of hydrogen-bond acceptors (Lipinski definition) is 5. The number of nitrogens with zero attached hydrogens (tertiary/aromatic N) is 1. The van der Waals surface area contributed by atoms with Crippen LogP contribution in [-0.2, 0) is 9.59 Å². The molecule has 1 unspecified atom stereocenters. The van der Waals surface area contributed by atoms with E-state index >= 15 is 0 Å². The van der Waals surface area contributed by atoms with E-state index in [1.54, 1.807) is 6.20 Å². The van der Waals surface area contributed by atoms with Crippen LogP contribution in [0.4, 0.5) is 5.69 Å². The normalized spacial score (nSPS) is 22.6. The zero-order chi connectivity index (χ0) is 14.7. The minimum absolute atomic E-state index is 0. The van der Waals surface area contributed by atoms with Crippen molar-refractivity contribution in [3.63, 3.8) is 0 Å². The van der Waals surface area contributed by atoms with E-state index in [1.807, 2.05) is 12.1 Å². The maximum absolute atomic E-state index is 11.7. The Bertz CT molecular complexity index is 529. The van der Waals surface area contributed by atoms with Crippen LogP contribution < -0.4 is 16.0 Å². The predicted molar refractivity (Wildman–Crippen MR) is 86.1 cm³/mol. The molecule has 2 saturated heterocycles. The Kier molecular flexibility index (Phi) is 5.74. The average molecular weight is 325 g/mol. The third kappa shape index (κ3) is 3.96. The Morgan fingerprint density at radius 1 is 1.14 bits per heavy atom. The number of amides is 2. The predicted octanol–water partition coefficient (Wildman–Crippen LogP) is 1.19. The first kappa shape index (κ1) is 16.7. The number of anilines is 1. The number of halogens is 1. The molecule has 7 heteroatoms. The van der Waals surface area contributed by atoms with Crippen molar-refractivity contribution in [1.82, 2.24) is 15.6 Å². The van der Waals surface area contributed by atoms with Gasteiger partial charge in [0.1, 0.15) is 6.04 Å². The second-order valence-corrected chi connectivity index (χ2v) is 5.64. The molecular formula is C15H21ClN4O2. The highest BCUT2D eigenvalue weighted by Crippen LogP contribution is 2.24. The number of piperidine rings is 2. The van der Waals surface area contributed by atoms with Gasteiger partial charge in [0.2, 0.25) is 11.8 Å². The molecule has 2 fully saturated rings. The zero-order valence-electron chi connectivity index (χ0n) is 12.3. The van der Waals surface area contributed by atoms with Crippen molar-refractivity contribution in [2.75, 3.05) is 18.4 Å². The van der Waals surface area contributed by atoms with Crippen molar-refractivity contribution < 1.29 is 9.59 Å². The summed E-state index contributed by atoms with van der Waals surface area (Å²) < 4.78 is 0. The fraction of sp³-hybridized carbons (Fsp3) is 0.533. The van der Waals surface area contributed by atoms with Crippen LogP contribution in [0.3, 0.4) is 0 Å². The molecule has 1 aromatic heterocycles. The number of rotatable bonds is 3. The van der Waals surface area contributed by atoms with E-state index in [0.29, 0.717) is 18.8 Å². The Labute approximate surface area is 135 Å². The Hall–Kier alpha value is -1.66. The summed E-state index contributed by atoms with van der Waals surface area (Å²) in [5, 5.41) is 8.83. The molecule has 1 aromatic rings. The van der Waals surface area contributed by atoms with Gasteiger partial charge in [-0.3, -0.25) is 19.9 Å². The SMILES string of the molecule is Cl.O=C1CCC(Nc2ccc(C3CCNCC3)nc2)C(=O)N1. The van der Waals surface area contributed by atoms with Gasteiger partial charge in [0.05, 0.1) is 11.9 Å². The van der Waals surface area contributed by atoms with Gasteiger partial charge >= 0.3 is 0 Å². The average Bonchev–Trinajstić information content (AvgIpc) is 2.52. The second kappa shape index (κ2) is 7.56. The first-order valence-corrected chi connectivity index (χ1v) is 7.49. The monoisotopic (exact) mass is 324 g/mol. The third-order valence-corrected chi connectivity index (χ3v) is 4.12. The van der Waals surface area contributed by atoms with E-state index in [1.165, 1.54) is 0 Å². The third-order valence-electron chi connectivity index (χ3n) is 4.12. The molecule has 3 rings (SSSR count). The first-order valence-electron chi connectivity index (χ1n) is 7.49. The molecule has 1 atom stereocenters. The molecule has 2 aliphatic rings. The van der Waals surface area contributed by atoms with Gasteiger partial charge in [0.25, 0.3) is 0 Å². The number of carbonyl (C=O) groups is 2. The number of nitrogens with one attached hydrogen (secondary N) is 3. The van der Waals surface area contributed by atoms with Crippen molar-refractivity contribution in [3.8, 4) is 0 Å². The van der Waals surface area contributed by atoms with E-state index in [2.05, 4.69) is 20.9 Å². The van der Waals surface area contributed by atoms with Gasteiger partial charge in [-0.15, -0.1) is 12.4 Å². The highest BCUT2D eigenvalue weighted by atomic mass is 35.5. The smallest absolute Gasteiger partial charge is 0.249 e. The molecule has 120 valence electrons. The molecule has 0 radical (unpaired) electrons. The van der Waals surface area contributed by atoms with Crippen LogP contribution >= 0.6 is 12.4 Å². The summed E-state index contributed by atoms with van der Waals surface area (Å²) in [7, 11) is 0. The lowest BCUT2D eigenvalue weighted by molar-refractivity contribution is -0.133. The molecule has 0 bridgehead atoms. The van der Waals surface area contributed by atoms with E-state index in [0.717, 1.165) is 37.3 Å². The van der Waals surface area contributed by atoms with E-state index in [4.69, 9.17) is 0 Å². The number of aromatic nitrogens is 1. The van der Waals surface area contributed by atoms with Crippen molar-refractivity contribution in [2.24, 2.45) is 0 Å². The number of imide groups is 1. The van der Waals surface area contributed by atoms with Gasteiger partial charge < -0.3 is 10.6 Å². The van der Waals surface area contributed by atoms with Crippen LogP contribution in [0.15, 0.2) is 18.3 Å². The molecule has 2 aliphatic heterocycles. The summed E-state index contributed by atoms with van der Waals surface area (Å²) in [5.74, 6) is 0.0713. The molecule has 22 heavy (non-hydrogen) atoms. The van der Waals surface area contributed by atoms with Gasteiger partial charge in [0.15, 0.2) is 0 Å². The van der Waals surface area contributed by atoms with E-state index < -0.39 is 0 Å². The fourth-order valence-corrected chi connectivity index (χ4v) is 2.88. The largest absolute Gasteiger partial charge is 0.372 e. The Morgan fingerprint density at radius 3 is 2.55 bits per heavy atom. The highest BCUT2D eigenvalue weighted by Gasteiger charge is 2.26.